The predicted octanol–water partition coefficient (Wildman–Crippen LogP) is 4.87. The van der Waals surface area contributed by atoms with Crippen molar-refractivity contribution in [3.63, 3.8) is 0 Å². The van der Waals surface area contributed by atoms with Crippen molar-refractivity contribution in [2.24, 2.45) is 0 Å². The van der Waals surface area contributed by atoms with Crippen molar-refractivity contribution in [3.05, 3.63) is 96.1 Å². The zero-order valence-corrected chi connectivity index (χ0v) is 14.9. The minimum absolute atomic E-state index is 0.905. The predicted molar refractivity (Wildman–Crippen MR) is 111 cm³/mol. The van der Waals surface area contributed by atoms with Gasteiger partial charge in [-0.2, -0.15) is 0 Å². The van der Waals surface area contributed by atoms with Gasteiger partial charge >= 0.3 is 0 Å². The lowest BCUT2D eigenvalue weighted by Gasteiger charge is -2.08. The van der Waals surface area contributed by atoms with E-state index in [2.05, 4.69) is 95.6 Å². The summed E-state index contributed by atoms with van der Waals surface area (Å²) in [6, 6.07) is 30.4. The SMILES string of the molecule is c1ccc2cc(CNCCNCc3ccc4ccccc4c3)ccc2c1. The third-order valence-electron chi connectivity index (χ3n) is 4.76. The quantitative estimate of drug-likeness (QED) is 0.469. The molecule has 0 aliphatic carbocycles. The molecule has 4 aromatic carbocycles. The molecule has 0 saturated carbocycles. The van der Waals surface area contributed by atoms with E-state index in [1.807, 2.05) is 0 Å². The van der Waals surface area contributed by atoms with Crippen molar-refractivity contribution in [1.29, 1.82) is 0 Å². The van der Waals surface area contributed by atoms with Crippen LogP contribution in [0, 0.1) is 0 Å². The highest BCUT2D eigenvalue weighted by molar-refractivity contribution is 5.83. The maximum atomic E-state index is 3.52. The molecule has 0 aromatic heterocycles. The van der Waals surface area contributed by atoms with Crippen LogP contribution in [-0.4, -0.2) is 13.1 Å². The lowest BCUT2D eigenvalue weighted by Crippen LogP contribution is -2.26. The van der Waals surface area contributed by atoms with Crippen molar-refractivity contribution in [2.75, 3.05) is 13.1 Å². The summed E-state index contributed by atoms with van der Waals surface area (Å²) in [5.41, 5.74) is 2.66. The van der Waals surface area contributed by atoms with Crippen molar-refractivity contribution in [2.45, 2.75) is 13.1 Å². The van der Waals surface area contributed by atoms with E-state index in [0.29, 0.717) is 0 Å². The van der Waals surface area contributed by atoms with Crippen molar-refractivity contribution >= 4 is 21.5 Å². The molecule has 0 radical (unpaired) electrons. The topological polar surface area (TPSA) is 24.1 Å². The van der Waals surface area contributed by atoms with Crippen LogP contribution in [0.5, 0.6) is 0 Å². The highest BCUT2D eigenvalue weighted by Crippen LogP contribution is 2.16. The van der Waals surface area contributed by atoms with Gasteiger partial charge in [-0.1, -0.05) is 72.8 Å². The molecule has 0 spiro atoms. The summed E-state index contributed by atoms with van der Waals surface area (Å²) in [6.45, 7) is 3.73. The van der Waals surface area contributed by atoms with Crippen LogP contribution in [0.1, 0.15) is 11.1 Å². The number of hydrogen-bond donors (Lipinski definition) is 2. The Morgan fingerprint density at radius 3 is 1.35 bits per heavy atom. The summed E-state index contributed by atoms with van der Waals surface area (Å²) in [5.74, 6) is 0. The van der Waals surface area contributed by atoms with Gasteiger partial charge in [0.1, 0.15) is 0 Å². The van der Waals surface area contributed by atoms with E-state index in [1.54, 1.807) is 0 Å². The minimum atomic E-state index is 0.905. The average molecular weight is 340 g/mol. The zero-order chi connectivity index (χ0) is 17.6. The molecule has 2 N–H and O–H groups in total. The molecule has 4 rings (SSSR count). The highest BCUT2D eigenvalue weighted by atomic mass is 14.9. The van der Waals surface area contributed by atoms with Crippen molar-refractivity contribution in [1.82, 2.24) is 10.6 Å². The van der Waals surface area contributed by atoms with Gasteiger partial charge in [-0.05, 0) is 44.8 Å². The third-order valence-corrected chi connectivity index (χ3v) is 4.76. The molecule has 0 fully saturated rings. The number of benzene rings is 4. The van der Waals surface area contributed by atoms with Crippen LogP contribution in [0.2, 0.25) is 0 Å². The molecule has 4 aromatic rings. The maximum Gasteiger partial charge on any atom is 0.0206 e. The molecule has 0 aliphatic rings. The van der Waals surface area contributed by atoms with Crippen LogP contribution in [0.3, 0.4) is 0 Å². The Labute approximate surface area is 154 Å². The van der Waals surface area contributed by atoms with Crippen LogP contribution >= 0.6 is 0 Å². The van der Waals surface area contributed by atoms with Crippen molar-refractivity contribution in [3.8, 4) is 0 Å². The Bertz CT molecular complexity index is 924. The molecular weight excluding hydrogens is 316 g/mol. The van der Waals surface area contributed by atoms with Gasteiger partial charge in [-0.25, -0.2) is 0 Å². The van der Waals surface area contributed by atoms with Crippen LogP contribution in [0.4, 0.5) is 0 Å². The summed E-state index contributed by atoms with van der Waals surface area (Å²) in [5, 5.41) is 12.3. The molecule has 2 nitrogen and oxygen atoms in total. The second-order valence-electron chi connectivity index (χ2n) is 6.72. The van der Waals surface area contributed by atoms with Crippen LogP contribution in [0.15, 0.2) is 84.9 Å². The molecule has 0 amide bonds. The first kappa shape index (κ1) is 16.8. The Morgan fingerprint density at radius 2 is 0.885 bits per heavy atom. The van der Waals surface area contributed by atoms with E-state index in [4.69, 9.17) is 0 Å². The van der Waals surface area contributed by atoms with E-state index in [0.717, 1.165) is 26.2 Å². The Hall–Kier alpha value is -2.68. The van der Waals surface area contributed by atoms with Gasteiger partial charge in [0.25, 0.3) is 0 Å². The zero-order valence-electron chi connectivity index (χ0n) is 14.9. The molecule has 0 unspecified atom stereocenters. The van der Waals surface area contributed by atoms with Gasteiger partial charge < -0.3 is 10.6 Å². The van der Waals surface area contributed by atoms with E-state index in [9.17, 15) is 0 Å². The Morgan fingerprint density at radius 1 is 0.462 bits per heavy atom. The minimum Gasteiger partial charge on any atom is -0.311 e. The number of rotatable bonds is 7. The first-order chi connectivity index (χ1) is 12.9. The van der Waals surface area contributed by atoms with Gasteiger partial charge in [0.05, 0.1) is 0 Å². The fourth-order valence-corrected chi connectivity index (χ4v) is 3.34. The molecule has 0 bridgehead atoms. The monoisotopic (exact) mass is 340 g/mol. The number of fused-ring (bicyclic) bond motifs is 2. The summed E-state index contributed by atoms with van der Waals surface area (Å²) in [6.07, 6.45) is 0. The van der Waals surface area contributed by atoms with Gasteiger partial charge in [-0.3, -0.25) is 0 Å². The van der Waals surface area contributed by atoms with Gasteiger partial charge in [0.2, 0.25) is 0 Å². The molecule has 2 heteroatoms. The fourth-order valence-electron chi connectivity index (χ4n) is 3.34. The average Bonchev–Trinajstić information content (AvgIpc) is 2.70. The van der Waals surface area contributed by atoms with Crippen LogP contribution in [-0.2, 0) is 13.1 Å². The lowest BCUT2D eigenvalue weighted by atomic mass is 10.1. The Balaban J connectivity index is 1.22. The smallest absolute Gasteiger partial charge is 0.0206 e. The van der Waals surface area contributed by atoms with E-state index in [1.165, 1.54) is 32.7 Å². The van der Waals surface area contributed by atoms with Crippen LogP contribution < -0.4 is 10.6 Å². The second kappa shape index (κ2) is 8.13. The van der Waals surface area contributed by atoms with Gasteiger partial charge in [0.15, 0.2) is 0 Å². The molecule has 0 heterocycles. The summed E-state index contributed by atoms with van der Waals surface area (Å²) in [4.78, 5) is 0. The van der Waals surface area contributed by atoms with E-state index in [-0.39, 0.29) is 0 Å². The summed E-state index contributed by atoms with van der Waals surface area (Å²) >= 11 is 0. The van der Waals surface area contributed by atoms with Crippen LogP contribution in [0.25, 0.3) is 21.5 Å². The van der Waals surface area contributed by atoms with Crippen molar-refractivity contribution < 1.29 is 0 Å². The Kier molecular flexibility index (Phi) is 5.25. The van der Waals surface area contributed by atoms with Gasteiger partial charge in [-0.15, -0.1) is 0 Å². The highest BCUT2D eigenvalue weighted by Gasteiger charge is 1.98. The standard InChI is InChI=1S/C24H24N2/c1-3-7-23-15-19(9-11-21(23)5-1)17-25-13-14-26-18-20-10-12-22-6-2-4-8-24(22)16-20/h1-12,15-16,25-26H,13-14,17-18H2. The summed E-state index contributed by atoms with van der Waals surface area (Å²) < 4.78 is 0. The second-order valence-corrected chi connectivity index (χ2v) is 6.72. The molecule has 0 saturated heterocycles. The molecule has 0 aliphatic heterocycles. The maximum absolute atomic E-state index is 3.52. The molecule has 26 heavy (non-hydrogen) atoms. The normalized spacial score (nSPS) is 11.2. The fraction of sp³-hybridized carbons (Fsp3) is 0.167. The van der Waals surface area contributed by atoms with E-state index < -0.39 is 0 Å². The van der Waals surface area contributed by atoms with E-state index >= 15 is 0 Å². The molecular formula is C24H24N2. The first-order valence-electron chi connectivity index (χ1n) is 9.25. The summed E-state index contributed by atoms with van der Waals surface area (Å²) in [7, 11) is 0. The number of hydrogen-bond acceptors (Lipinski definition) is 2. The molecule has 130 valence electrons. The third kappa shape index (κ3) is 4.10. The first-order valence-corrected chi connectivity index (χ1v) is 9.25. The number of nitrogens with one attached hydrogen (secondary N) is 2. The van der Waals surface area contributed by atoms with Gasteiger partial charge in [0, 0.05) is 26.2 Å². The molecule has 0 atom stereocenters. The largest absolute Gasteiger partial charge is 0.311 e. The lowest BCUT2D eigenvalue weighted by molar-refractivity contribution is 0.611.